The molecule has 0 aliphatic heterocycles. The minimum absolute atomic E-state index is 0.0324. The maximum Gasteiger partial charge on any atom is 0.258 e. The van der Waals surface area contributed by atoms with E-state index in [1.54, 1.807) is 35.2 Å². The van der Waals surface area contributed by atoms with Gasteiger partial charge < -0.3 is 9.88 Å². The predicted octanol–water partition coefficient (Wildman–Crippen LogP) is 4.23. The molecular weight excluding hydrogens is 393 g/mol. The fourth-order valence-electron chi connectivity index (χ4n) is 3.46. The van der Waals surface area contributed by atoms with Crippen molar-refractivity contribution in [2.24, 2.45) is 0 Å². The van der Waals surface area contributed by atoms with Gasteiger partial charge in [0.25, 0.3) is 5.56 Å². The van der Waals surface area contributed by atoms with Gasteiger partial charge in [0.2, 0.25) is 5.91 Å². The van der Waals surface area contributed by atoms with Crippen LogP contribution >= 0.6 is 11.6 Å². The van der Waals surface area contributed by atoms with Crippen LogP contribution in [0.4, 0.5) is 4.39 Å². The monoisotopic (exact) mass is 413 g/mol. The smallest absolute Gasteiger partial charge is 0.258 e. The number of fused-ring (bicyclic) bond motifs is 1. The molecule has 1 saturated carbocycles. The molecular formula is C22H21ClFN3O2. The first kappa shape index (κ1) is 19.6. The molecule has 1 heterocycles. The summed E-state index contributed by atoms with van der Waals surface area (Å²) in [4.78, 5) is 33.9. The van der Waals surface area contributed by atoms with Crippen molar-refractivity contribution in [3.63, 3.8) is 0 Å². The summed E-state index contributed by atoms with van der Waals surface area (Å²) in [6.45, 7) is 0.181. The standard InChI is InChI=1S/C22H21ClFN3O2/c23-17-6-3-7-18(24)16(17)13-27(14-11-12-14)21(28)10-4-9-20-25-19-8-2-1-5-15(19)22(29)26-20/h1-3,5-8,14H,4,9-13H2,(H,25,26,29). The number of rotatable bonds is 7. The highest BCUT2D eigenvalue weighted by Gasteiger charge is 2.33. The van der Waals surface area contributed by atoms with E-state index in [1.807, 2.05) is 6.07 Å². The number of nitrogens with zero attached hydrogens (tertiary/aromatic N) is 2. The minimum atomic E-state index is -0.395. The number of hydrogen-bond acceptors (Lipinski definition) is 3. The Morgan fingerprint density at radius 2 is 2.00 bits per heavy atom. The molecule has 1 aliphatic rings. The third kappa shape index (κ3) is 4.48. The van der Waals surface area contributed by atoms with E-state index in [0.29, 0.717) is 46.6 Å². The second-order valence-corrected chi connectivity index (χ2v) is 7.74. The molecule has 7 heteroatoms. The van der Waals surface area contributed by atoms with Crippen LogP contribution in [0.3, 0.4) is 0 Å². The summed E-state index contributed by atoms with van der Waals surface area (Å²) in [7, 11) is 0. The molecule has 0 saturated heterocycles. The first-order valence-electron chi connectivity index (χ1n) is 9.73. The van der Waals surface area contributed by atoms with Crippen molar-refractivity contribution in [2.75, 3.05) is 0 Å². The van der Waals surface area contributed by atoms with Crippen LogP contribution in [0.25, 0.3) is 10.9 Å². The Balaban J connectivity index is 1.41. The molecule has 0 radical (unpaired) electrons. The van der Waals surface area contributed by atoms with Crippen molar-refractivity contribution >= 4 is 28.4 Å². The van der Waals surface area contributed by atoms with E-state index >= 15 is 0 Å². The number of halogens is 2. The van der Waals surface area contributed by atoms with Crippen LogP contribution in [0, 0.1) is 5.82 Å². The summed E-state index contributed by atoms with van der Waals surface area (Å²) in [6.07, 6.45) is 3.20. The highest BCUT2D eigenvalue weighted by molar-refractivity contribution is 6.31. The van der Waals surface area contributed by atoms with Gasteiger partial charge in [0.1, 0.15) is 11.6 Å². The van der Waals surface area contributed by atoms with Gasteiger partial charge in [-0.15, -0.1) is 0 Å². The zero-order chi connectivity index (χ0) is 20.4. The molecule has 3 aromatic rings. The summed E-state index contributed by atoms with van der Waals surface area (Å²) < 4.78 is 14.1. The highest BCUT2D eigenvalue weighted by atomic mass is 35.5. The number of para-hydroxylation sites is 1. The Hall–Kier alpha value is -2.73. The zero-order valence-corrected chi connectivity index (χ0v) is 16.6. The number of amides is 1. The number of aromatic amines is 1. The van der Waals surface area contributed by atoms with E-state index in [4.69, 9.17) is 11.6 Å². The quantitative estimate of drug-likeness (QED) is 0.630. The zero-order valence-electron chi connectivity index (χ0n) is 15.8. The maximum absolute atomic E-state index is 14.1. The van der Waals surface area contributed by atoms with E-state index in [0.717, 1.165) is 12.8 Å². The molecule has 1 N–H and O–H groups in total. The summed E-state index contributed by atoms with van der Waals surface area (Å²) >= 11 is 6.13. The van der Waals surface area contributed by atoms with Gasteiger partial charge in [0, 0.05) is 29.5 Å². The second-order valence-electron chi connectivity index (χ2n) is 7.34. The van der Waals surface area contributed by atoms with Gasteiger partial charge in [-0.2, -0.15) is 0 Å². The molecule has 0 unspecified atom stereocenters. The molecule has 2 aromatic carbocycles. The van der Waals surface area contributed by atoms with Crippen LogP contribution < -0.4 is 5.56 Å². The Morgan fingerprint density at radius 1 is 1.21 bits per heavy atom. The molecule has 1 aliphatic carbocycles. The third-order valence-corrected chi connectivity index (χ3v) is 5.52. The van der Waals surface area contributed by atoms with Crippen molar-refractivity contribution in [2.45, 2.75) is 44.7 Å². The van der Waals surface area contributed by atoms with Gasteiger partial charge in [-0.25, -0.2) is 9.37 Å². The number of aromatic nitrogens is 2. The largest absolute Gasteiger partial charge is 0.335 e. The maximum atomic E-state index is 14.1. The molecule has 5 nitrogen and oxygen atoms in total. The molecule has 1 fully saturated rings. The summed E-state index contributed by atoms with van der Waals surface area (Å²) in [5, 5.41) is 0.885. The van der Waals surface area contributed by atoms with E-state index in [1.165, 1.54) is 6.07 Å². The number of nitrogens with one attached hydrogen (secondary N) is 1. The molecule has 0 bridgehead atoms. The lowest BCUT2D eigenvalue weighted by atomic mass is 10.1. The van der Waals surface area contributed by atoms with Gasteiger partial charge in [-0.3, -0.25) is 9.59 Å². The first-order valence-corrected chi connectivity index (χ1v) is 10.1. The van der Waals surface area contributed by atoms with Crippen molar-refractivity contribution < 1.29 is 9.18 Å². The van der Waals surface area contributed by atoms with Crippen molar-refractivity contribution in [3.8, 4) is 0 Å². The van der Waals surface area contributed by atoms with E-state index in [-0.39, 0.29) is 24.1 Å². The summed E-state index contributed by atoms with van der Waals surface area (Å²) in [6, 6.07) is 11.9. The first-order chi connectivity index (χ1) is 14.0. The topological polar surface area (TPSA) is 66.1 Å². The van der Waals surface area contributed by atoms with Crippen LogP contribution in [-0.2, 0) is 17.8 Å². The second kappa shape index (κ2) is 8.33. The minimum Gasteiger partial charge on any atom is -0.335 e. The highest BCUT2D eigenvalue weighted by Crippen LogP contribution is 2.31. The Morgan fingerprint density at radius 3 is 2.76 bits per heavy atom. The van der Waals surface area contributed by atoms with Crippen LogP contribution in [0.1, 0.15) is 37.1 Å². The van der Waals surface area contributed by atoms with Gasteiger partial charge in [0.15, 0.2) is 0 Å². The van der Waals surface area contributed by atoms with E-state index in [9.17, 15) is 14.0 Å². The average Bonchev–Trinajstić information content (AvgIpc) is 3.53. The number of carbonyl (C=O) groups excluding carboxylic acids is 1. The number of aryl methyl sites for hydroxylation is 1. The molecule has 0 spiro atoms. The molecule has 1 aromatic heterocycles. The van der Waals surface area contributed by atoms with Crippen LogP contribution in [-0.4, -0.2) is 26.8 Å². The van der Waals surface area contributed by atoms with Crippen LogP contribution in [0.5, 0.6) is 0 Å². The summed E-state index contributed by atoms with van der Waals surface area (Å²) in [5.74, 6) is 0.139. The molecule has 1 amide bonds. The number of hydrogen-bond donors (Lipinski definition) is 1. The SMILES string of the molecule is O=C(CCCc1nc2ccccc2c(=O)[nH]1)N(Cc1c(F)cccc1Cl)C1CC1. The number of benzene rings is 2. The fraction of sp³-hybridized carbons (Fsp3) is 0.318. The molecule has 150 valence electrons. The lowest BCUT2D eigenvalue weighted by molar-refractivity contribution is -0.132. The lowest BCUT2D eigenvalue weighted by Crippen LogP contribution is -2.33. The Bertz CT molecular complexity index is 1090. The fourth-order valence-corrected chi connectivity index (χ4v) is 3.69. The van der Waals surface area contributed by atoms with Gasteiger partial charge >= 0.3 is 0 Å². The third-order valence-electron chi connectivity index (χ3n) is 5.16. The molecule has 4 rings (SSSR count). The Labute approximate surface area is 172 Å². The predicted molar refractivity (Wildman–Crippen MR) is 110 cm³/mol. The van der Waals surface area contributed by atoms with Gasteiger partial charge in [-0.05, 0) is 43.5 Å². The van der Waals surface area contributed by atoms with Crippen molar-refractivity contribution in [3.05, 3.63) is 75.0 Å². The normalized spacial score (nSPS) is 13.6. The molecule has 29 heavy (non-hydrogen) atoms. The van der Waals surface area contributed by atoms with E-state index in [2.05, 4.69) is 9.97 Å². The number of carbonyl (C=O) groups is 1. The van der Waals surface area contributed by atoms with Crippen molar-refractivity contribution in [1.82, 2.24) is 14.9 Å². The van der Waals surface area contributed by atoms with Crippen molar-refractivity contribution in [1.29, 1.82) is 0 Å². The van der Waals surface area contributed by atoms with Crippen LogP contribution in [0.2, 0.25) is 5.02 Å². The average molecular weight is 414 g/mol. The van der Waals surface area contributed by atoms with Crippen LogP contribution in [0.15, 0.2) is 47.3 Å². The van der Waals surface area contributed by atoms with E-state index < -0.39 is 5.82 Å². The molecule has 0 atom stereocenters. The lowest BCUT2D eigenvalue weighted by Gasteiger charge is -2.23. The number of H-pyrrole nitrogens is 1. The van der Waals surface area contributed by atoms with Gasteiger partial charge in [-0.1, -0.05) is 29.8 Å². The van der Waals surface area contributed by atoms with Gasteiger partial charge in [0.05, 0.1) is 17.4 Å². The Kier molecular flexibility index (Phi) is 5.62. The summed E-state index contributed by atoms with van der Waals surface area (Å²) in [5.41, 5.74) is 0.826.